The van der Waals surface area contributed by atoms with Gasteiger partial charge in [-0.1, -0.05) is 6.92 Å². The Labute approximate surface area is 143 Å². The average Bonchev–Trinajstić information content (AvgIpc) is 3.15. The summed E-state index contributed by atoms with van der Waals surface area (Å²) in [6, 6.07) is 0. The molecule has 11 nitrogen and oxygen atoms in total. The van der Waals surface area contributed by atoms with Crippen molar-refractivity contribution in [1.82, 2.24) is 24.6 Å². The maximum Gasteiger partial charge on any atom is 0.204 e. The highest BCUT2D eigenvalue weighted by atomic mass is 31.2. The van der Waals surface area contributed by atoms with Crippen LogP contribution in [0.15, 0.2) is 12.7 Å². The number of ether oxygens (including phenoxy) is 1. The lowest BCUT2D eigenvalue weighted by atomic mass is 10.2. The van der Waals surface area contributed by atoms with Crippen molar-refractivity contribution < 1.29 is 23.8 Å². The van der Waals surface area contributed by atoms with Crippen molar-refractivity contribution in [3.63, 3.8) is 0 Å². The number of hydrogen-bond acceptors (Lipinski definition) is 9. The minimum atomic E-state index is -4.16. The smallest absolute Gasteiger partial charge is 0.204 e. The van der Waals surface area contributed by atoms with Crippen LogP contribution in [0.25, 0.3) is 11.2 Å². The fourth-order valence-electron chi connectivity index (χ4n) is 2.58. The summed E-state index contributed by atoms with van der Waals surface area (Å²) in [5.74, 6) is 0.247. The Kier molecular flexibility index (Phi) is 5.32. The third-order valence-electron chi connectivity index (χ3n) is 3.87. The van der Waals surface area contributed by atoms with Crippen LogP contribution in [0.2, 0.25) is 0 Å². The molecular weight excluding hydrogens is 351 g/mol. The Morgan fingerprint density at radius 2 is 2.36 bits per heavy atom. The van der Waals surface area contributed by atoms with Crippen molar-refractivity contribution in [2.45, 2.75) is 38.2 Å². The summed E-state index contributed by atoms with van der Waals surface area (Å²) in [6.45, 7) is 1.85. The van der Waals surface area contributed by atoms with Gasteiger partial charge in [-0.2, -0.15) is 0 Å². The van der Waals surface area contributed by atoms with Crippen LogP contribution in [0.4, 0.5) is 5.82 Å². The molecule has 0 bridgehead atoms. The summed E-state index contributed by atoms with van der Waals surface area (Å²) in [5, 5.41) is 12.5. The molecule has 0 saturated carbocycles. The highest BCUT2D eigenvalue weighted by molar-refractivity contribution is 7.49. The van der Waals surface area contributed by atoms with Gasteiger partial charge in [-0.05, 0) is 6.42 Å². The Balaban J connectivity index is 1.67. The van der Waals surface area contributed by atoms with Crippen molar-refractivity contribution in [3.8, 4) is 0 Å². The van der Waals surface area contributed by atoms with E-state index in [1.807, 2.05) is 6.92 Å². The van der Waals surface area contributed by atoms with E-state index in [9.17, 15) is 14.6 Å². The highest BCUT2D eigenvalue weighted by Crippen LogP contribution is 2.36. The number of imidazole rings is 1. The minimum absolute atomic E-state index is 0.245. The molecule has 4 N–H and O–H groups in total. The van der Waals surface area contributed by atoms with Gasteiger partial charge in [0, 0.05) is 13.0 Å². The zero-order valence-electron chi connectivity index (χ0n) is 13.6. The predicted molar refractivity (Wildman–Crippen MR) is 86.1 cm³/mol. The number of aliphatic hydroxyl groups excluding tert-OH is 1. The molecule has 138 valence electrons. The van der Waals surface area contributed by atoms with E-state index in [2.05, 4.69) is 20.0 Å². The van der Waals surface area contributed by atoms with E-state index in [1.165, 1.54) is 12.7 Å². The molecule has 2 aromatic rings. The van der Waals surface area contributed by atoms with Gasteiger partial charge >= 0.3 is 0 Å². The lowest BCUT2D eigenvalue weighted by Gasteiger charge is -2.26. The summed E-state index contributed by atoms with van der Waals surface area (Å²) in [4.78, 5) is 23.8. The maximum atomic E-state index is 11.7. The first-order chi connectivity index (χ1) is 11.9. The highest BCUT2D eigenvalue weighted by Gasteiger charge is 2.36. The van der Waals surface area contributed by atoms with Crippen LogP contribution in [-0.4, -0.2) is 50.0 Å². The normalized spacial score (nSPS) is 26.1. The van der Waals surface area contributed by atoms with Crippen LogP contribution in [0.5, 0.6) is 0 Å². The Hall–Kier alpha value is -1.62. The second-order valence-corrected chi connectivity index (χ2v) is 7.29. The van der Waals surface area contributed by atoms with Gasteiger partial charge in [0.15, 0.2) is 11.5 Å². The van der Waals surface area contributed by atoms with E-state index in [4.69, 9.17) is 15.0 Å². The van der Waals surface area contributed by atoms with Crippen LogP contribution in [0, 0.1) is 0 Å². The first-order valence-corrected chi connectivity index (χ1v) is 9.43. The first kappa shape index (κ1) is 18.2. The molecule has 3 rings (SSSR count). The second kappa shape index (κ2) is 7.32. The number of fused-ring (bicyclic) bond motifs is 1. The minimum Gasteiger partial charge on any atom is -0.766 e. The molecule has 12 heteroatoms. The molecule has 2 unspecified atom stereocenters. The van der Waals surface area contributed by atoms with Gasteiger partial charge < -0.3 is 25.0 Å². The molecule has 0 aliphatic carbocycles. The number of aliphatic hydroxyl groups is 1. The summed E-state index contributed by atoms with van der Waals surface area (Å²) < 4.78 is 23.9. The number of nitrogen functional groups attached to an aromatic ring is 1. The Morgan fingerprint density at radius 1 is 1.56 bits per heavy atom. The van der Waals surface area contributed by atoms with Crippen molar-refractivity contribution in [1.29, 1.82) is 0 Å². The van der Waals surface area contributed by atoms with Crippen molar-refractivity contribution in [2.24, 2.45) is 0 Å². The van der Waals surface area contributed by atoms with Crippen LogP contribution >= 0.6 is 7.75 Å². The summed E-state index contributed by atoms with van der Waals surface area (Å²) in [6.07, 6.45) is 1.48. The number of hydrogen-bond donors (Lipinski definition) is 3. The van der Waals surface area contributed by atoms with Crippen molar-refractivity contribution in [2.75, 3.05) is 18.9 Å². The van der Waals surface area contributed by atoms with E-state index >= 15 is 0 Å². The molecule has 3 heterocycles. The van der Waals surface area contributed by atoms with Crippen LogP contribution in [0.3, 0.4) is 0 Å². The molecule has 25 heavy (non-hydrogen) atoms. The number of nitrogens with one attached hydrogen (secondary N) is 1. The monoisotopic (exact) mass is 371 g/mol. The summed E-state index contributed by atoms with van der Waals surface area (Å²) in [7, 11) is -4.16. The van der Waals surface area contributed by atoms with E-state index < -0.39 is 26.2 Å². The van der Waals surface area contributed by atoms with E-state index in [0.29, 0.717) is 24.1 Å². The second-order valence-electron chi connectivity index (χ2n) is 5.72. The number of anilines is 1. The molecule has 1 aliphatic heterocycles. The number of rotatable bonds is 7. The number of nitrogens with zero attached hydrogens (tertiary/aromatic N) is 4. The topological polar surface area (TPSA) is 160 Å². The first-order valence-electron chi connectivity index (χ1n) is 7.88. The molecule has 1 saturated heterocycles. The molecule has 4 atom stereocenters. The number of aromatic nitrogens is 4. The molecule has 0 radical (unpaired) electrons. The lowest BCUT2D eigenvalue weighted by molar-refractivity contribution is -0.205. The van der Waals surface area contributed by atoms with Gasteiger partial charge in [-0.3, -0.25) is 14.2 Å². The average molecular weight is 371 g/mol. The molecular formula is C13H20N6O5P-. The fourth-order valence-corrected chi connectivity index (χ4v) is 3.51. The number of nitrogens with two attached hydrogens (primary N) is 1. The lowest BCUT2D eigenvalue weighted by Crippen LogP contribution is -2.30. The van der Waals surface area contributed by atoms with Gasteiger partial charge in [-0.15, -0.1) is 0 Å². The van der Waals surface area contributed by atoms with Crippen LogP contribution < -0.4 is 15.7 Å². The van der Waals surface area contributed by atoms with Crippen LogP contribution in [0.1, 0.15) is 26.0 Å². The Morgan fingerprint density at radius 3 is 3.12 bits per heavy atom. The zero-order valence-corrected chi connectivity index (χ0v) is 14.5. The maximum absolute atomic E-state index is 11.7. The van der Waals surface area contributed by atoms with E-state index in [1.54, 1.807) is 4.57 Å². The Bertz CT molecular complexity index is 785. The molecule has 1 aliphatic rings. The van der Waals surface area contributed by atoms with Gasteiger partial charge in [-0.25, -0.2) is 15.0 Å². The van der Waals surface area contributed by atoms with E-state index in [-0.39, 0.29) is 18.8 Å². The third-order valence-corrected chi connectivity index (χ3v) is 4.97. The van der Waals surface area contributed by atoms with Gasteiger partial charge in [0.1, 0.15) is 24.2 Å². The largest absolute Gasteiger partial charge is 0.766 e. The molecule has 0 aromatic carbocycles. The third kappa shape index (κ3) is 3.97. The summed E-state index contributed by atoms with van der Waals surface area (Å²) in [5.41, 5.74) is 6.66. The SMILES string of the molecule is CCCNP(=O)([O-])OC[C@H]1O[C@@H](n2cnc3c(N)ncnc32)CC1O. The standard InChI is InChI=1S/C13H21N6O5P/c1-2-3-18-25(21,22)23-5-9-8(20)4-10(24-9)19-7-17-11-12(14)15-6-16-13(11)19/h6-10,20H,2-5H2,1H3,(H2,14,15,16)(H2,18,21,22)/p-1/t8?,9-,10-/m1/s1. The van der Waals surface area contributed by atoms with Crippen molar-refractivity contribution >= 4 is 24.7 Å². The molecule has 0 amide bonds. The predicted octanol–water partition coefficient (Wildman–Crippen LogP) is -0.458. The summed E-state index contributed by atoms with van der Waals surface area (Å²) >= 11 is 0. The quantitative estimate of drug-likeness (QED) is 0.543. The van der Waals surface area contributed by atoms with Crippen molar-refractivity contribution in [3.05, 3.63) is 12.7 Å². The van der Waals surface area contributed by atoms with Gasteiger partial charge in [0.2, 0.25) is 7.75 Å². The zero-order chi connectivity index (χ0) is 18.0. The molecule has 1 fully saturated rings. The molecule has 2 aromatic heterocycles. The molecule has 0 spiro atoms. The van der Waals surface area contributed by atoms with E-state index in [0.717, 1.165) is 0 Å². The van der Waals surface area contributed by atoms with Gasteiger partial charge in [0.25, 0.3) is 0 Å². The van der Waals surface area contributed by atoms with Crippen LogP contribution in [-0.2, 0) is 13.8 Å². The van der Waals surface area contributed by atoms with Gasteiger partial charge in [0.05, 0.1) is 19.0 Å². The fraction of sp³-hybridized carbons (Fsp3) is 0.615.